The minimum Gasteiger partial charge on any atom is -0.493 e. The van der Waals surface area contributed by atoms with Crippen LogP contribution in [0.2, 0.25) is 0 Å². The first kappa shape index (κ1) is 21.7. The minimum atomic E-state index is -0.379. The number of nitrogens with zero attached hydrogens (tertiary/aromatic N) is 1. The second-order valence-corrected chi connectivity index (χ2v) is 6.38. The average Bonchev–Trinajstić information content (AvgIpc) is 2.73. The van der Waals surface area contributed by atoms with E-state index in [4.69, 9.17) is 14.2 Å². The third kappa shape index (κ3) is 5.71. The van der Waals surface area contributed by atoms with Crippen LogP contribution in [0.25, 0.3) is 0 Å². The molecule has 0 atom stereocenters. The smallest absolute Gasteiger partial charge is 0.271 e. The Morgan fingerprint density at radius 2 is 1.55 bits per heavy atom. The van der Waals surface area contributed by atoms with E-state index < -0.39 is 0 Å². The lowest BCUT2D eigenvalue weighted by Crippen LogP contribution is -2.19. The molecule has 29 heavy (non-hydrogen) atoms. The number of hydrogen-bond acceptors (Lipinski definition) is 6. The van der Waals surface area contributed by atoms with Crippen LogP contribution in [0.3, 0.4) is 0 Å². The van der Waals surface area contributed by atoms with Crippen molar-refractivity contribution in [3.63, 3.8) is 0 Å². The molecule has 0 bridgehead atoms. The molecule has 2 aromatic carbocycles. The quantitative estimate of drug-likeness (QED) is 0.525. The fourth-order valence-electron chi connectivity index (χ4n) is 2.40. The molecule has 8 heteroatoms. The normalized spacial score (nSPS) is 10.7. The van der Waals surface area contributed by atoms with Crippen LogP contribution in [0.4, 0.5) is 5.69 Å². The summed E-state index contributed by atoms with van der Waals surface area (Å²) in [5, 5.41) is 6.74. The molecule has 2 N–H and O–H groups in total. The fraction of sp³-hybridized carbons (Fsp3) is 0.286. The van der Waals surface area contributed by atoms with E-state index >= 15 is 0 Å². The van der Waals surface area contributed by atoms with Crippen molar-refractivity contribution in [2.45, 2.75) is 13.8 Å². The monoisotopic (exact) mass is 399 g/mol. The zero-order valence-corrected chi connectivity index (χ0v) is 17.1. The van der Waals surface area contributed by atoms with E-state index in [9.17, 15) is 9.59 Å². The van der Waals surface area contributed by atoms with E-state index in [-0.39, 0.29) is 17.7 Å². The van der Waals surface area contributed by atoms with Crippen molar-refractivity contribution in [2.75, 3.05) is 26.6 Å². The van der Waals surface area contributed by atoms with Crippen LogP contribution in [0.5, 0.6) is 17.2 Å². The van der Waals surface area contributed by atoms with Crippen molar-refractivity contribution in [2.24, 2.45) is 11.0 Å². The molecule has 0 saturated heterocycles. The van der Waals surface area contributed by atoms with Gasteiger partial charge in [0.15, 0.2) is 11.5 Å². The molecule has 0 aliphatic carbocycles. The Balaban J connectivity index is 2.05. The van der Waals surface area contributed by atoms with Gasteiger partial charge in [-0.1, -0.05) is 13.8 Å². The summed E-state index contributed by atoms with van der Waals surface area (Å²) < 4.78 is 15.8. The van der Waals surface area contributed by atoms with E-state index in [1.807, 2.05) is 13.8 Å². The summed E-state index contributed by atoms with van der Waals surface area (Å²) in [4.78, 5) is 23.9. The van der Waals surface area contributed by atoms with Gasteiger partial charge in [-0.15, -0.1) is 0 Å². The number of ether oxygens (including phenoxy) is 3. The number of rotatable bonds is 8. The van der Waals surface area contributed by atoms with E-state index in [1.165, 1.54) is 27.5 Å². The molecule has 0 heterocycles. The maximum absolute atomic E-state index is 12.2. The number of hydrogen-bond donors (Lipinski definition) is 2. The first-order valence-corrected chi connectivity index (χ1v) is 8.94. The van der Waals surface area contributed by atoms with Crippen LogP contribution in [0, 0.1) is 5.92 Å². The van der Waals surface area contributed by atoms with Gasteiger partial charge in [0.25, 0.3) is 5.91 Å². The summed E-state index contributed by atoms with van der Waals surface area (Å²) in [5.74, 6) is 0.855. The molecule has 0 aliphatic heterocycles. The zero-order valence-electron chi connectivity index (χ0n) is 17.1. The van der Waals surface area contributed by atoms with Gasteiger partial charge in [-0.05, 0) is 36.4 Å². The summed E-state index contributed by atoms with van der Waals surface area (Å²) >= 11 is 0. The Morgan fingerprint density at radius 3 is 2.03 bits per heavy atom. The lowest BCUT2D eigenvalue weighted by molar-refractivity contribution is -0.118. The molecule has 0 aromatic heterocycles. The molecule has 0 fully saturated rings. The molecule has 0 unspecified atom stereocenters. The number of methoxy groups -OCH3 is 3. The highest BCUT2D eigenvalue weighted by Crippen LogP contribution is 2.37. The van der Waals surface area contributed by atoms with Gasteiger partial charge in [0.05, 0.1) is 27.5 Å². The van der Waals surface area contributed by atoms with Gasteiger partial charge < -0.3 is 19.5 Å². The molecule has 8 nitrogen and oxygen atoms in total. The Morgan fingerprint density at radius 1 is 0.966 bits per heavy atom. The van der Waals surface area contributed by atoms with Crippen molar-refractivity contribution in [1.29, 1.82) is 0 Å². The SMILES string of the molecule is COc1cc(/C=N/NC(=O)c2ccc(NC(=O)C(C)C)cc2)cc(OC)c1OC. The number of hydrazone groups is 1. The molecule has 2 rings (SSSR count). The predicted octanol–water partition coefficient (Wildman–Crippen LogP) is 3.07. The third-order valence-electron chi connectivity index (χ3n) is 4.01. The molecule has 0 spiro atoms. The van der Waals surface area contributed by atoms with E-state index in [1.54, 1.807) is 36.4 Å². The average molecular weight is 399 g/mol. The molecule has 0 saturated carbocycles. The number of anilines is 1. The van der Waals surface area contributed by atoms with Crippen LogP contribution in [-0.2, 0) is 4.79 Å². The maximum Gasteiger partial charge on any atom is 0.271 e. The highest BCUT2D eigenvalue weighted by atomic mass is 16.5. The Labute approximate surface area is 169 Å². The van der Waals surface area contributed by atoms with Gasteiger partial charge in [0.2, 0.25) is 11.7 Å². The van der Waals surface area contributed by atoms with Gasteiger partial charge in [-0.3, -0.25) is 9.59 Å². The standard InChI is InChI=1S/C21H25N3O5/c1-13(2)20(25)23-16-8-6-15(7-9-16)21(26)24-22-12-14-10-17(27-3)19(29-5)18(11-14)28-4/h6-13H,1-5H3,(H,23,25)(H,24,26)/b22-12+. The maximum atomic E-state index is 12.2. The van der Waals surface area contributed by atoms with E-state index in [0.29, 0.717) is 34.1 Å². The number of carbonyl (C=O) groups excluding carboxylic acids is 2. The van der Waals surface area contributed by atoms with Crippen molar-refractivity contribution < 1.29 is 23.8 Å². The number of benzene rings is 2. The predicted molar refractivity (Wildman–Crippen MR) is 111 cm³/mol. The summed E-state index contributed by atoms with van der Waals surface area (Å²) in [6.45, 7) is 3.62. The molecule has 0 aliphatic rings. The summed E-state index contributed by atoms with van der Waals surface area (Å²) in [6.07, 6.45) is 1.47. The highest BCUT2D eigenvalue weighted by Gasteiger charge is 2.12. The van der Waals surface area contributed by atoms with Crippen molar-refractivity contribution in [3.05, 3.63) is 47.5 Å². The molecular formula is C21H25N3O5. The summed E-state index contributed by atoms with van der Waals surface area (Å²) in [5.41, 5.74) is 4.16. The Kier molecular flexibility index (Phi) is 7.59. The van der Waals surface area contributed by atoms with Gasteiger partial charge in [0, 0.05) is 22.7 Å². The van der Waals surface area contributed by atoms with Gasteiger partial charge in [-0.2, -0.15) is 5.10 Å². The number of amides is 2. The first-order valence-electron chi connectivity index (χ1n) is 8.94. The van der Waals surface area contributed by atoms with E-state index in [2.05, 4.69) is 15.8 Å². The van der Waals surface area contributed by atoms with Crippen molar-refractivity contribution in [3.8, 4) is 17.2 Å². The number of nitrogens with one attached hydrogen (secondary N) is 2. The van der Waals surface area contributed by atoms with Gasteiger partial charge in [-0.25, -0.2) is 5.43 Å². The molecular weight excluding hydrogens is 374 g/mol. The second-order valence-electron chi connectivity index (χ2n) is 6.38. The fourth-order valence-corrected chi connectivity index (χ4v) is 2.40. The molecule has 0 radical (unpaired) electrons. The lowest BCUT2D eigenvalue weighted by atomic mass is 10.1. The lowest BCUT2D eigenvalue weighted by Gasteiger charge is -2.12. The van der Waals surface area contributed by atoms with Crippen LogP contribution < -0.4 is 25.0 Å². The Bertz CT molecular complexity index is 867. The third-order valence-corrected chi connectivity index (χ3v) is 4.01. The van der Waals surface area contributed by atoms with Crippen LogP contribution >= 0.6 is 0 Å². The van der Waals surface area contributed by atoms with Crippen LogP contribution in [0.15, 0.2) is 41.5 Å². The second kappa shape index (κ2) is 10.1. The zero-order chi connectivity index (χ0) is 21.4. The topological polar surface area (TPSA) is 98.2 Å². The largest absolute Gasteiger partial charge is 0.493 e. The summed E-state index contributed by atoms with van der Waals surface area (Å²) in [6, 6.07) is 9.98. The summed E-state index contributed by atoms with van der Waals surface area (Å²) in [7, 11) is 4.56. The van der Waals surface area contributed by atoms with Crippen molar-refractivity contribution >= 4 is 23.7 Å². The highest BCUT2D eigenvalue weighted by molar-refractivity contribution is 5.96. The molecule has 2 aromatic rings. The van der Waals surface area contributed by atoms with Crippen LogP contribution in [-0.4, -0.2) is 39.4 Å². The van der Waals surface area contributed by atoms with Gasteiger partial charge >= 0.3 is 0 Å². The van der Waals surface area contributed by atoms with Crippen LogP contribution in [0.1, 0.15) is 29.8 Å². The first-order chi connectivity index (χ1) is 13.9. The molecule has 154 valence electrons. The number of carbonyl (C=O) groups is 2. The van der Waals surface area contributed by atoms with Gasteiger partial charge in [0.1, 0.15) is 0 Å². The van der Waals surface area contributed by atoms with E-state index in [0.717, 1.165) is 0 Å². The minimum absolute atomic E-state index is 0.0860. The molecule has 2 amide bonds. The van der Waals surface area contributed by atoms with Crippen molar-refractivity contribution in [1.82, 2.24) is 5.43 Å². The Hall–Kier alpha value is -3.55.